The molecule has 3 aliphatic rings. The lowest BCUT2D eigenvalue weighted by molar-refractivity contribution is 0.0974. The number of para-hydroxylation sites is 1. The Kier molecular flexibility index (Phi) is 5.23. The molecular weight excluding hydrogens is 377 g/mol. The minimum absolute atomic E-state index is 0.110. The van der Waals surface area contributed by atoms with Crippen molar-refractivity contribution in [2.45, 2.75) is 37.6 Å². The van der Waals surface area contributed by atoms with Gasteiger partial charge in [-0.3, -0.25) is 4.79 Å². The first-order chi connectivity index (χ1) is 14.6. The summed E-state index contributed by atoms with van der Waals surface area (Å²) in [5.74, 6) is 0.371. The summed E-state index contributed by atoms with van der Waals surface area (Å²) in [6.45, 7) is 5.35. The number of benzene rings is 2. The molecule has 2 aromatic rings. The molecule has 2 unspecified atom stereocenters. The summed E-state index contributed by atoms with van der Waals surface area (Å²) in [6, 6.07) is 13.3. The van der Waals surface area contributed by atoms with E-state index in [1.165, 1.54) is 41.9 Å². The van der Waals surface area contributed by atoms with Crippen LogP contribution in [0, 0.1) is 5.82 Å². The molecule has 0 radical (unpaired) electrons. The number of likely N-dealkylation sites (tertiary alicyclic amines) is 1. The fourth-order valence-electron chi connectivity index (χ4n) is 5.63. The van der Waals surface area contributed by atoms with E-state index >= 15 is 0 Å². The molecule has 2 aromatic carbocycles. The van der Waals surface area contributed by atoms with Gasteiger partial charge in [-0.05, 0) is 68.2 Å². The molecule has 0 bridgehead atoms. The molecular formula is C25H30FN3O. The third-order valence-corrected chi connectivity index (χ3v) is 7.16. The fraction of sp³-hybridized carbons (Fsp3) is 0.480. The smallest absolute Gasteiger partial charge is 0.162 e. The van der Waals surface area contributed by atoms with Gasteiger partial charge in [0.2, 0.25) is 0 Å². The molecule has 30 heavy (non-hydrogen) atoms. The summed E-state index contributed by atoms with van der Waals surface area (Å²) < 4.78 is 13.1. The third kappa shape index (κ3) is 3.49. The molecule has 3 aliphatic heterocycles. The monoisotopic (exact) mass is 407 g/mol. The second kappa shape index (κ2) is 8.03. The van der Waals surface area contributed by atoms with Crippen LogP contribution >= 0.6 is 0 Å². The zero-order valence-corrected chi connectivity index (χ0v) is 17.7. The molecule has 0 amide bonds. The summed E-state index contributed by atoms with van der Waals surface area (Å²) in [4.78, 5) is 20.0. The normalized spacial score (nSPS) is 23.1. The Morgan fingerprint density at radius 3 is 2.77 bits per heavy atom. The SMILES string of the molecule is CN1CCN2c3c(cccc31)C1CN(CCCC(=O)c3ccc(F)cc3)CCCC12. The van der Waals surface area contributed by atoms with Gasteiger partial charge in [0.1, 0.15) is 5.82 Å². The molecule has 5 rings (SSSR count). The molecule has 5 heteroatoms. The van der Waals surface area contributed by atoms with Crippen molar-refractivity contribution in [3.05, 3.63) is 59.4 Å². The maximum atomic E-state index is 13.1. The van der Waals surface area contributed by atoms with Crippen LogP contribution in [0.5, 0.6) is 0 Å². The zero-order chi connectivity index (χ0) is 20.7. The Morgan fingerprint density at radius 1 is 1.10 bits per heavy atom. The molecule has 3 heterocycles. The van der Waals surface area contributed by atoms with Crippen LogP contribution in [-0.2, 0) is 0 Å². The van der Waals surface area contributed by atoms with E-state index < -0.39 is 0 Å². The number of halogens is 1. The van der Waals surface area contributed by atoms with Crippen molar-refractivity contribution in [1.29, 1.82) is 0 Å². The molecule has 158 valence electrons. The highest BCUT2D eigenvalue weighted by Crippen LogP contribution is 2.50. The maximum absolute atomic E-state index is 13.1. The number of hydrogen-bond donors (Lipinski definition) is 0. The van der Waals surface area contributed by atoms with Crippen LogP contribution < -0.4 is 9.80 Å². The number of fused-ring (bicyclic) bond motifs is 3. The largest absolute Gasteiger partial charge is 0.371 e. The van der Waals surface area contributed by atoms with E-state index in [4.69, 9.17) is 0 Å². The van der Waals surface area contributed by atoms with Crippen LogP contribution in [0.25, 0.3) is 0 Å². The zero-order valence-electron chi connectivity index (χ0n) is 17.7. The van der Waals surface area contributed by atoms with Crippen LogP contribution in [-0.4, -0.2) is 56.5 Å². The number of nitrogens with zero attached hydrogens (tertiary/aromatic N) is 3. The minimum atomic E-state index is -0.296. The van der Waals surface area contributed by atoms with Gasteiger partial charge in [-0.1, -0.05) is 12.1 Å². The van der Waals surface area contributed by atoms with Crippen molar-refractivity contribution in [1.82, 2.24) is 4.90 Å². The predicted molar refractivity (Wildman–Crippen MR) is 119 cm³/mol. The third-order valence-electron chi connectivity index (χ3n) is 7.16. The summed E-state index contributed by atoms with van der Waals surface area (Å²) >= 11 is 0. The lowest BCUT2D eigenvalue weighted by atomic mass is 9.93. The number of ketones is 1. The molecule has 0 spiro atoms. The van der Waals surface area contributed by atoms with Crippen LogP contribution in [0.2, 0.25) is 0 Å². The van der Waals surface area contributed by atoms with Gasteiger partial charge < -0.3 is 14.7 Å². The molecule has 1 saturated heterocycles. The van der Waals surface area contributed by atoms with Crippen molar-refractivity contribution < 1.29 is 9.18 Å². The summed E-state index contributed by atoms with van der Waals surface area (Å²) in [5.41, 5.74) is 4.97. The highest BCUT2D eigenvalue weighted by atomic mass is 19.1. The van der Waals surface area contributed by atoms with Gasteiger partial charge in [0.25, 0.3) is 0 Å². The minimum Gasteiger partial charge on any atom is -0.371 e. The first kappa shape index (κ1) is 19.6. The second-order valence-corrected chi connectivity index (χ2v) is 8.98. The van der Waals surface area contributed by atoms with Gasteiger partial charge in [-0.15, -0.1) is 0 Å². The molecule has 1 fully saturated rings. The lowest BCUT2D eigenvalue weighted by Crippen LogP contribution is -2.43. The quantitative estimate of drug-likeness (QED) is 0.691. The Hall–Kier alpha value is -2.40. The average molecular weight is 408 g/mol. The number of carbonyl (C=O) groups is 1. The molecule has 0 saturated carbocycles. The highest BCUT2D eigenvalue weighted by Gasteiger charge is 2.43. The molecule has 4 nitrogen and oxygen atoms in total. The van der Waals surface area contributed by atoms with Gasteiger partial charge in [0.05, 0.1) is 11.4 Å². The number of hydrogen-bond acceptors (Lipinski definition) is 4. The standard InChI is InChI=1S/C25H30FN3O/c1-27-15-16-29-22-7-3-13-28(17-21(22)20-5-2-6-23(27)25(20)29)14-4-8-24(30)18-9-11-19(26)12-10-18/h2,5-6,9-12,21-22H,3-4,7-8,13-17H2,1H3. The Labute approximate surface area is 178 Å². The summed E-state index contributed by atoms with van der Waals surface area (Å²) in [6.07, 6.45) is 3.83. The molecule has 0 aromatic heterocycles. The topological polar surface area (TPSA) is 26.8 Å². The number of carbonyl (C=O) groups excluding carboxylic acids is 1. The van der Waals surface area contributed by atoms with Crippen molar-refractivity contribution in [2.75, 3.05) is 49.6 Å². The first-order valence-corrected chi connectivity index (χ1v) is 11.2. The van der Waals surface area contributed by atoms with Crippen LogP contribution in [0.1, 0.15) is 47.5 Å². The van der Waals surface area contributed by atoms with Crippen molar-refractivity contribution in [3.8, 4) is 0 Å². The van der Waals surface area contributed by atoms with E-state index in [1.807, 2.05) is 0 Å². The van der Waals surface area contributed by atoms with Crippen molar-refractivity contribution in [3.63, 3.8) is 0 Å². The summed E-state index contributed by atoms with van der Waals surface area (Å²) in [7, 11) is 2.20. The van der Waals surface area contributed by atoms with E-state index in [1.54, 1.807) is 12.1 Å². The van der Waals surface area contributed by atoms with Gasteiger partial charge in [0, 0.05) is 50.6 Å². The second-order valence-electron chi connectivity index (χ2n) is 8.98. The van der Waals surface area contributed by atoms with Gasteiger partial charge in [-0.25, -0.2) is 4.39 Å². The molecule has 0 N–H and O–H groups in total. The number of rotatable bonds is 5. The Morgan fingerprint density at radius 2 is 1.93 bits per heavy atom. The van der Waals surface area contributed by atoms with Crippen molar-refractivity contribution in [2.24, 2.45) is 0 Å². The lowest BCUT2D eigenvalue weighted by Gasteiger charge is -2.38. The Bertz CT molecular complexity index is 928. The van der Waals surface area contributed by atoms with Crippen LogP contribution in [0.15, 0.2) is 42.5 Å². The van der Waals surface area contributed by atoms with E-state index in [2.05, 4.69) is 39.9 Å². The molecule has 2 atom stereocenters. The number of likely N-dealkylation sites (N-methyl/N-ethyl adjacent to an activating group) is 1. The average Bonchev–Trinajstić information content (AvgIpc) is 2.90. The van der Waals surface area contributed by atoms with E-state index in [-0.39, 0.29) is 11.6 Å². The fourth-order valence-corrected chi connectivity index (χ4v) is 5.63. The van der Waals surface area contributed by atoms with E-state index in [9.17, 15) is 9.18 Å². The predicted octanol–water partition coefficient (Wildman–Crippen LogP) is 4.31. The van der Waals surface area contributed by atoms with E-state index in [0.717, 1.165) is 39.1 Å². The number of Topliss-reactive ketones (excluding diaryl/α,β-unsaturated/α-hetero) is 1. The Balaban J connectivity index is 1.25. The highest BCUT2D eigenvalue weighted by molar-refractivity contribution is 5.95. The first-order valence-electron chi connectivity index (χ1n) is 11.2. The number of anilines is 2. The van der Waals surface area contributed by atoms with Crippen LogP contribution in [0.3, 0.4) is 0 Å². The van der Waals surface area contributed by atoms with Gasteiger partial charge in [0.15, 0.2) is 5.78 Å². The van der Waals surface area contributed by atoms with E-state index in [0.29, 0.717) is 23.9 Å². The van der Waals surface area contributed by atoms with Crippen molar-refractivity contribution >= 4 is 17.2 Å². The van der Waals surface area contributed by atoms with Crippen LogP contribution in [0.4, 0.5) is 15.8 Å². The van der Waals surface area contributed by atoms with Gasteiger partial charge in [-0.2, -0.15) is 0 Å². The summed E-state index contributed by atoms with van der Waals surface area (Å²) in [5, 5.41) is 0. The maximum Gasteiger partial charge on any atom is 0.162 e. The van der Waals surface area contributed by atoms with Gasteiger partial charge >= 0.3 is 0 Å². The molecule has 0 aliphatic carbocycles.